The second-order valence-electron chi connectivity index (χ2n) is 6.83. The Bertz CT molecular complexity index is 362. The smallest absolute Gasteiger partial charge is 0.400 e. The molecular formula is C14H24BNO2. The molecule has 1 atom stereocenters. The molecule has 3 heterocycles. The van der Waals surface area contributed by atoms with E-state index in [1.807, 2.05) is 0 Å². The Morgan fingerprint density at radius 1 is 1.17 bits per heavy atom. The van der Waals surface area contributed by atoms with E-state index in [9.17, 15) is 0 Å². The van der Waals surface area contributed by atoms with E-state index in [4.69, 9.17) is 9.31 Å². The van der Waals surface area contributed by atoms with Crippen LogP contribution in [0.4, 0.5) is 0 Å². The first-order chi connectivity index (χ1) is 8.39. The van der Waals surface area contributed by atoms with Crippen LogP contribution in [-0.2, 0) is 9.31 Å². The van der Waals surface area contributed by atoms with Crippen LogP contribution in [0, 0.1) is 0 Å². The van der Waals surface area contributed by atoms with Crippen molar-refractivity contribution in [1.82, 2.24) is 4.90 Å². The summed E-state index contributed by atoms with van der Waals surface area (Å²) in [5.41, 5.74) is 0.924. The number of rotatable bonds is 1. The van der Waals surface area contributed by atoms with Gasteiger partial charge in [0.25, 0.3) is 0 Å². The highest BCUT2D eigenvalue weighted by atomic mass is 16.7. The molecule has 0 saturated carbocycles. The Labute approximate surface area is 111 Å². The minimum atomic E-state index is -0.217. The summed E-state index contributed by atoms with van der Waals surface area (Å²) in [5, 5.41) is 0. The first-order valence-corrected chi connectivity index (χ1v) is 7.19. The van der Waals surface area contributed by atoms with Crippen molar-refractivity contribution in [2.24, 2.45) is 0 Å². The summed E-state index contributed by atoms with van der Waals surface area (Å²) in [6, 6.07) is 0.632. The normalized spacial score (nSPS) is 34.6. The highest BCUT2D eigenvalue weighted by molar-refractivity contribution is 6.54. The second-order valence-corrected chi connectivity index (χ2v) is 6.83. The van der Waals surface area contributed by atoms with Gasteiger partial charge < -0.3 is 9.31 Å². The maximum absolute atomic E-state index is 6.14. The van der Waals surface area contributed by atoms with E-state index < -0.39 is 0 Å². The number of hydrogen-bond donors (Lipinski definition) is 0. The lowest BCUT2D eigenvalue weighted by Gasteiger charge is -2.32. The van der Waals surface area contributed by atoms with Gasteiger partial charge in [-0.05, 0) is 59.0 Å². The third-order valence-corrected chi connectivity index (χ3v) is 5.06. The molecule has 0 N–H and O–H groups in total. The molecule has 0 radical (unpaired) electrons. The minimum absolute atomic E-state index is 0.127. The molecule has 2 saturated heterocycles. The van der Waals surface area contributed by atoms with Crippen molar-refractivity contribution in [3.63, 3.8) is 0 Å². The van der Waals surface area contributed by atoms with E-state index in [1.54, 1.807) is 0 Å². The Morgan fingerprint density at radius 3 is 2.50 bits per heavy atom. The third kappa shape index (κ3) is 1.95. The molecule has 2 fully saturated rings. The first kappa shape index (κ1) is 12.7. The summed E-state index contributed by atoms with van der Waals surface area (Å²) < 4.78 is 12.3. The quantitative estimate of drug-likeness (QED) is 0.666. The lowest BCUT2D eigenvalue weighted by molar-refractivity contribution is 0.00578. The van der Waals surface area contributed by atoms with Crippen molar-refractivity contribution in [2.45, 2.75) is 64.2 Å². The van der Waals surface area contributed by atoms with Gasteiger partial charge in [-0.2, -0.15) is 0 Å². The molecule has 3 nitrogen and oxygen atoms in total. The molecule has 100 valence electrons. The zero-order valence-corrected chi connectivity index (χ0v) is 12.0. The molecule has 0 spiro atoms. The monoisotopic (exact) mass is 249 g/mol. The number of fused-ring (bicyclic) bond motifs is 1. The van der Waals surface area contributed by atoms with E-state index in [-0.39, 0.29) is 18.3 Å². The van der Waals surface area contributed by atoms with Crippen molar-refractivity contribution in [3.8, 4) is 0 Å². The summed E-state index contributed by atoms with van der Waals surface area (Å²) in [5.74, 6) is 0. The molecule has 1 unspecified atom stereocenters. The van der Waals surface area contributed by atoms with Crippen molar-refractivity contribution < 1.29 is 9.31 Å². The molecule has 0 aliphatic carbocycles. The average Bonchev–Trinajstić information content (AvgIpc) is 2.80. The van der Waals surface area contributed by atoms with Gasteiger partial charge in [-0.25, -0.2) is 0 Å². The molecule has 3 aliphatic rings. The summed E-state index contributed by atoms with van der Waals surface area (Å²) in [4.78, 5) is 2.58. The topological polar surface area (TPSA) is 21.7 Å². The third-order valence-electron chi connectivity index (χ3n) is 5.06. The Morgan fingerprint density at radius 2 is 1.83 bits per heavy atom. The van der Waals surface area contributed by atoms with E-state index >= 15 is 0 Å². The van der Waals surface area contributed by atoms with Gasteiger partial charge in [-0.15, -0.1) is 0 Å². The van der Waals surface area contributed by atoms with Crippen LogP contribution < -0.4 is 0 Å². The predicted octanol–water partition coefficient (Wildman–Crippen LogP) is 2.41. The number of nitrogens with zero attached hydrogens (tertiary/aromatic N) is 1. The molecule has 3 rings (SSSR count). The van der Waals surface area contributed by atoms with E-state index in [0.717, 1.165) is 6.42 Å². The summed E-state index contributed by atoms with van der Waals surface area (Å²) >= 11 is 0. The molecule has 0 bridgehead atoms. The van der Waals surface area contributed by atoms with Gasteiger partial charge in [0.15, 0.2) is 0 Å². The zero-order chi connectivity index (χ0) is 13.0. The fraction of sp³-hybridized carbons (Fsp3) is 0.857. The lowest BCUT2D eigenvalue weighted by Crippen LogP contribution is -2.41. The van der Waals surface area contributed by atoms with Crippen molar-refractivity contribution in [2.75, 3.05) is 13.1 Å². The zero-order valence-electron chi connectivity index (χ0n) is 12.0. The van der Waals surface area contributed by atoms with Gasteiger partial charge in [-0.1, -0.05) is 6.08 Å². The van der Waals surface area contributed by atoms with Crippen LogP contribution in [0.25, 0.3) is 0 Å². The molecule has 0 amide bonds. The molecule has 3 aliphatic heterocycles. The maximum Gasteiger partial charge on any atom is 0.490 e. The van der Waals surface area contributed by atoms with Crippen LogP contribution in [0.3, 0.4) is 0 Å². The lowest BCUT2D eigenvalue weighted by atomic mass is 9.73. The summed E-state index contributed by atoms with van der Waals surface area (Å²) in [6.45, 7) is 10.9. The maximum atomic E-state index is 6.14. The van der Waals surface area contributed by atoms with Crippen LogP contribution in [0.5, 0.6) is 0 Å². The van der Waals surface area contributed by atoms with Crippen molar-refractivity contribution >= 4 is 7.12 Å². The van der Waals surface area contributed by atoms with E-state index in [0.29, 0.717) is 6.04 Å². The van der Waals surface area contributed by atoms with Crippen LogP contribution in [-0.4, -0.2) is 42.4 Å². The molecule has 4 heteroatoms. The first-order valence-electron chi connectivity index (χ1n) is 7.19. The largest absolute Gasteiger partial charge is 0.490 e. The average molecular weight is 249 g/mol. The predicted molar refractivity (Wildman–Crippen MR) is 73.4 cm³/mol. The van der Waals surface area contributed by atoms with Gasteiger partial charge in [0.05, 0.1) is 11.2 Å². The van der Waals surface area contributed by atoms with Crippen molar-refractivity contribution in [3.05, 3.63) is 11.5 Å². The molecular weight excluding hydrogens is 225 g/mol. The highest BCUT2D eigenvalue weighted by Crippen LogP contribution is 2.40. The summed E-state index contributed by atoms with van der Waals surface area (Å²) in [6.07, 6.45) is 6.12. The number of hydrogen-bond acceptors (Lipinski definition) is 3. The van der Waals surface area contributed by atoms with Crippen LogP contribution in [0.2, 0.25) is 0 Å². The van der Waals surface area contributed by atoms with Crippen LogP contribution >= 0.6 is 0 Å². The SMILES string of the molecule is CC1(C)OB(C2=CC3CCCN3CC2)OC1(C)C. The highest BCUT2D eigenvalue weighted by Gasteiger charge is 2.52. The summed E-state index contributed by atoms with van der Waals surface area (Å²) in [7, 11) is -0.127. The Kier molecular flexibility index (Phi) is 2.89. The molecule has 0 aromatic heterocycles. The van der Waals surface area contributed by atoms with Gasteiger partial charge in [0.2, 0.25) is 0 Å². The molecule has 18 heavy (non-hydrogen) atoms. The van der Waals surface area contributed by atoms with Gasteiger partial charge in [0.1, 0.15) is 0 Å². The standard InChI is InChI=1S/C14H24BNO2/c1-13(2)14(3,4)18-15(17-13)11-7-9-16-8-5-6-12(16)10-11/h10,12H,5-9H2,1-4H3. The Hall–Kier alpha value is -0.315. The molecule has 0 aromatic carbocycles. The van der Waals surface area contributed by atoms with Crippen LogP contribution in [0.1, 0.15) is 47.0 Å². The van der Waals surface area contributed by atoms with E-state index in [2.05, 4.69) is 38.7 Å². The fourth-order valence-corrected chi connectivity index (χ4v) is 3.11. The van der Waals surface area contributed by atoms with Crippen molar-refractivity contribution in [1.29, 1.82) is 0 Å². The second kappa shape index (κ2) is 4.09. The Balaban J connectivity index is 1.77. The van der Waals surface area contributed by atoms with Gasteiger partial charge >= 0.3 is 7.12 Å². The van der Waals surface area contributed by atoms with E-state index in [1.165, 1.54) is 31.4 Å². The molecule has 0 aromatic rings. The minimum Gasteiger partial charge on any atom is -0.400 e. The van der Waals surface area contributed by atoms with Gasteiger partial charge in [0, 0.05) is 12.6 Å². The van der Waals surface area contributed by atoms with Gasteiger partial charge in [-0.3, -0.25) is 4.90 Å². The van der Waals surface area contributed by atoms with Crippen LogP contribution in [0.15, 0.2) is 11.5 Å². The fourth-order valence-electron chi connectivity index (χ4n) is 3.11.